The molecule has 0 saturated carbocycles. The van der Waals surface area contributed by atoms with Gasteiger partial charge in [0.15, 0.2) is 0 Å². The van der Waals surface area contributed by atoms with Crippen molar-refractivity contribution in [3.05, 3.63) is 48.6 Å². The van der Waals surface area contributed by atoms with Crippen molar-refractivity contribution in [3.63, 3.8) is 0 Å². The molecule has 3 aliphatic rings. The third kappa shape index (κ3) is 2.08. The van der Waals surface area contributed by atoms with Gasteiger partial charge in [-0.25, -0.2) is 0 Å². The summed E-state index contributed by atoms with van der Waals surface area (Å²) in [6, 6.07) is 10.4. The molecule has 0 spiro atoms. The number of rotatable bonds is 3. The van der Waals surface area contributed by atoms with Gasteiger partial charge >= 0.3 is 0 Å². The van der Waals surface area contributed by atoms with Gasteiger partial charge in [-0.05, 0) is 43.5 Å². The van der Waals surface area contributed by atoms with Crippen molar-refractivity contribution in [2.24, 2.45) is 5.92 Å². The lowest BCUT2D eigenvalue weighted by molar-refractivity contribution is -0.121. The van der Waals surface area contributed by atoms with Crippen LogP contribution in [0.4, 0.5) is 0 Å². The number of amides is 1. The van der Waals surface area contributed by atoms with Crippen LogP contribution in [0.1, 0.15) is 18.4 Å². The second-order valence-electron chi connectivity index (χ2n) is 5.58. The Hall–Kier alpha value is -1.61. The van der Waals surface area contributed by atoms with E-state index in [9.17, 15) is 4.79 Å². The molecule has 3 aliphatic heterocycles. The predicted octanol–water partition coefficient (Wildman–Crippen LogP) is 1.91. The zero-order valence-electron chi connectivity index (χ0n) is 11.1. The summed E-state index contributed by atoms with van der Waals surface area (Å²) in [6.07, 6.45) is 3.70. The Labute approximate surface area is 114 Å². The summed E-state index contributed by atoms with van der Waals surface area (Å²) in [6.45, 7) is 6.82. The second-order valence-corrected chi connectivity index (χ2v) is 5.58. The van der Waals surface area contributed by atoms with E-state index >= 15 is 0 Å². The molecule has 3 fully saturated rings. The minimum absolute atomic E-state index is 0.0717. The van der Waals surface area contributed by atoms with Crippen LogP contribution in [0.5, 0.6) is 0 Å². The minimum Gasteiger partial charge on any atom is -0.341 e. The molecule has 3 heterocycles. The van der Waals surface area contributed by atoms with Crippen molar-refractivity contribution in [2.45, 2.75) is 18.4 Å². The van der Waals surface area contributed by atoms with Gasteiger partial charge in [0.05, 0.1) is 5.54 Å². The molecular weight excluding hydrogens is 236 g/mol. The molecule has 1 atom stereocenters. The maximum absolute atomic E-state index is 11.9. The van der Waals surface area contributed by atoms with Crippen LogP contribution >= 0.6 is 0 Å². The van der Waals surface area contributed by atoms with Gasteiger partial charge < -0.3 is 10.2 Å². The molecule has 3 heteroatoms. The molecule has 19 heavy (non-hydrogen) atoms. The highest BCUT2D eigenvalue weighted by Crippen LogP contribution is 2.42. The molecule has 4 rings (SSSR count). The van der Waals surface area contributed by atoms with Crippen LogP contribution in [0.3, 0.4) is 0 Å². The monoisotopic (exact) mass is 256 g/mol. The standard InChI is InChI=1S/C16H20N2O/c1-2-15(19)17-16(13-6-4-3-5-7-13)12-18-10-8-14(16)9-11-18/h2-7,14H,1,8-12H2,(H,17,19). The number of carbonyl (C=O) groups excluding carboxylic acids is 1. The van der Waals surface area contributed by atoms with Gasteiger partial charge in [-0.1, -0.05) is 36.9 Å². The first-order chi connectivity index (χ1) is 9.24. The first-order valence-electron chi connectivity index (χ1n) is 6.97. The van der Waals surface area contributed by atoms with Gasteiger partial charge in [0, 0.05) is 6.54 Å². The summed E-state index contributed by atoms with van der Waals surface area (Å²) in [5.41, 5.74) is 0.989. The van der Waals surface area contributed by atoms with E-state index in [-0.39, 0.29) is 11.4 Å². The molecular formula is C16H20N2O. The van der Waals surface area contributed by atoms with E-state index in [1.165, 1.54) is 11.6 Å². The molecule has 1 aromatic carbocycles. The van der Waals surface area contributed by atoms with Gasteiger partial charge in [0.25, 0.3) is 0 Å². The highest BCUT2D eigenvalue weighted by molar-refractivity contribution is 5.87. The summed E-state index contributed by atoms with van der Waals surface area (Å²) in [7, 11) is 0. The summed E-state index contributed by atoms with van der Waals surface area (Å²) < 4.78 is 0. The van der Waals surface area contributed by atoms with Gasteiger partial charge in [-0.3, -0.25) is 4.79 Å². The molecule has 1 amide bonds. The normalized spacial score (nSPS) is 32.8. The number of piperidine rings is 3. The lowest BCUT2D eigenvalue weighted by atomic mass is 9.69. The number of hydrogen-bond donors (Lipinski definition) is 1. The maximum atomic E-state index is 11.9. The Morgan fingerprint density at radius 3 is 2.53 bits per heavy atom. The van der Waals surface area contributed by atoms with Crippen molar-refractivity contribution in [3.8, 4) is 0 Å². The van der Waals surface area contributed by atoms with Crippen LogP contribution in [0.2, 0.25) is 0 Å². The van der Waals surface area contributed by atoms with E-state index < -0.39 is 0 Å². The fraction of sp³-hybridized carbons (Fsp3) is 0.438. The van der Waals surface area contributed by atoms with Gasteiger partial charge in [0.2, 0.25) is 5.91 Å². The summed E-state index contributed by atoms with van der Waals surface area (Å²) in [4.78, 5) is 14.3. The van der Waals surface area contributed by atoms with Crippen LogP contribution in [-0.4, -0.2) is 30.4 Å². The number of carbonyl (C=O) groups is 1. The topological polar surface area (TPSA) is 32.3 Å². The fourth-order valence-electron chi connectivity index (χ4n) is 3.61. The number of fused-ring (bicyclic) bond motifs is 3. The van der Waals surface area contributed by atoms with Gasteiger partial charge in [-0.15, -0.1) is 0 Å². The molecule has 1 aromatic rings. The Bertz CT molecular complexity index is 477. The van der Waals surface area contributed by atoms with Crippen LogP contribution in [0, 0.1) is 5.92 Å². The first kappa shape index (κ1) is 12.4. The van der Waals surface area contributed by atoms with E-state index in [1.54, 1.807) is 0 Å². The van der Waals surface area contributed by atoms with Crippen LogP contribution in [0.15, 0.2) is 43.0 Å². The molecule has 0 aromatic heterocycles. The highest BCUT2D eigenvalue weighted by atomic mass is 16.1. The SMILES string of the molecule is C=CC(=O)NC1(c2ccccc2)CN2CCC1CC2. The number of nitrogens with one attached hydrogen (secondary N) is 1. The minimum atomic E-state index is -0.233. The summed E-state index contributed by atoms with van der Waals surface area (Å²) in [5.74, 6) is 0.460. The van der Waals surface area contributed by atoms with Crippen LogP contribution in [0.25, 0.3) is 0 Å². The van der Waals surface area contributed by atoms with E-state index in [0.29, 0.717) is 5.92 Å². The maximum Gasteiger partial charge on any atom is 0.244 e. The van der Waals surface area contributed by atoms with Crippen molar-refractivity contribution >= 4 is 5.91 Å². The largest absolute Gasteiger partial charge is 0.341 e. The van der Waals surface area contributed by atoms with Gasteiger partial charge in [0.1, 0.15) is 0 Å². The number of nitrogens with zero attached hydrogens (tertiary/aromatic N) is 1. The zero-order chi connectivity index (χ0) is 13.3. The molecule has 0 radical (unpaired) electrons. The third-order valence-corrected chi connectivity index (χ3v) is 4.58. The average Bonchev–Trinajstić information content (AvgIpc) is 2.49. The molecule has 3 nitrogen and oxygen atoms in total. The summed E-state index contributed by atoms with van der Waals surface area (Å²) in [5, 5.41) is 3.23. The lowest BCUT2D eigenvalue weighted by Crippen LogP contribution is -2.64. The highest BCUT2D eigenvalue weighted by Gasteiger charge is 2.48. The van der Waals surface area contributed by atoms with Gasteiger partial charge in [-0.2, -0.15) is 0 Å². The lowest BCUT2D eigenvalue weighted by Gasteiger charge is -2.53. The van der Waals surface area contributed by atoms with E-state index in [0.717, 1.165) is 32.5 Å². The van der Waals surface area contributed by atoms with Crippen molar-refractivity contribution in [1.82, 2.24) is 10.2 Å². The Kier molecular flexibility index (Phi) is 3.15. The Balaban J connectivity index is 2.00. The molecule has 100 valence electrons. The molecule has 1 N–H and O–H groups in total. The van der Waals surface area contributed by atoms with E-state index in [1.807, 2.05) is 6.07 Å². The molecule has 2 bridgehead atoms. The fourth-order valence-corrected chi connectivity index (χ4v) is 3.61. The zero-order valence-corrected chi connectivity index (χ0v) is 11.1. The Morgan fingerprint density at radius 2 is 2.00 bits per heavy atom. The van der Waals surface area contributed by atoms with Crippen molar-refractivity contribution in [2.75, 3.05) is 19.6 Å². The molecule has 0 aliphatic carbocycles. The number of benzene rings is 1. The quantitative estimate of drug-likeness (QED) is 0.838. The molecule has 1 unspecified atom stereocenters. The van der Waals surface area contributed by atoms with Crippen LogP contribution in [-0.2, 0) is 10.3 Å². The smallest absolute Gasteiger partial charge is 0.244 e. The van der Waals surface area contributed by atoms with Crippen LogP contribution < -0.4 is 5.32 Å². The summed E-state index contributed by atoms with van der Waals surface area (Å²) >= 11 is 0. The Morgan fingerprint density at radius 1 is 1.32 bits per heavy atom. The predicted molar refractivity (Wildman–Crippen MR) is 75.6 cm³/mol. The average molecular weight is 256 g/mol. The van der Waals surface area contributed by atoms with E-state index in [4.69, 9.17) is 0 Å². The first-order valence-corrected chi connectivity index (χ1v) is 6.97. The van der Waals surface area contributed by atoms with E-state index in [2.05, 4.69) is 41.1 Å². The van der Waals surface area contributed by atoms with Crippen molar-refractivity contribution in [1.29, 1.82) is 0 Å². The second kappa shape index (κ2) is 4.82. The van der Waals surface area contributed by atoms with Crippen molar-refractivity contribution < 1.29 is 4.79 Å². The molecule has 3 saturated heterocycles. The third-order valence-electron chi connectivity index (χ3n) is 4.58. The number of hydrogen-bond acceptors (Lipinski definition) is 2.